The van der Waals surface area contributed by atoms with Gasteiger partial charge in [-0.2, -0.15) is 0 Å². The van der Waals surface area contributed by atoms with Crippen LogP contribution in [0, 0.1) is 12.3 Å². The number of nitrogens with one attached hydrogen (secondary N) is 3. The van der Waals surface area contributed by atoms with Crippen molar-refractivity contribution in [1.29, 1.82) is 5.41 Å². The molecule has 5 N–H and O–H groups in total. The SMILES string of the molecule is C=c1cccc/c1=C/C(N)CCCNc1c(C=N)nc(C)[nH]c1=O. The van der Waals surface area contributed by atoms with Crippen LogP contribution in [0.2, 0.25) is 0 Å². The van der Waals surface area contributed by atoms with Crippen molar-refractivity contribution in [3.63, 3.8) is 0 Å². The van der Waals surface area contributed by atoms with Gasteiger partial charge in [0.15, 0.2) is 0 Å². The van der Waals surface area contributed by atoms with Crippen molar-refractivity contribution < 1.29 is 0 Å². The predicted octanol–water partition coefficient (Wildman–Crippen LogP) is 0.486. The summed E-state index contributed by atoms with van der Waals surface area (Å²) < 4.78 is 0. The van der Waals surface area contributed by atoms with Crippen molar-refractivity contribution in [2.75, 3.05) is 11.9 Å². The van der Waals surface area contributed by atoms with Gasteiger partial charge in [0.2, 0.25) is 0 Å². The summed E-state index contributed by atoms with van der Waals surface area (Å²) in [6, 6.07) is 7.78. The van der Waals surface area contributed by atoms with Crippen LogP contribution in [0.25, 0.3) is 12.7 Å². The van der Waals surface area contributed by atoms with Gasteiger partial charge in [0, 0.05) is 18.8 Å². The molecule has 0 amide bonds. The normalized spacial score (nSPS) is 12.8. The van der Waals surface area contributed by atoms with Crippen LogP contribution < -0.4 is 27.0 Å². The lowest BCUT2D eigenvalue weighted by Gasteiger charge is -2.10. The van der Waals surface area contributed by atoms with Crippen molar-refractivity contribution in [3.8, 4) is 0 Å². The Labute approximate surface area is 140 Å². The molecule has 1 atom stereocenters. The number of aromatic amines is 1. The molecule has 0 aliphatic carbocycles. The minimum atomic E-state index is -0.261. The van der Waals surface area contributed by atoms with Gasteiger partial charge in [-0.05, 0) is 30.2 Å². The lowest BCUT2D eigenvalue weighted by atomic mass is 10.1. The highest BCUT2D eigenvalue weighted by Gasteiger charge is 2.07. The van der Waals surface area contributed by atoms with Gasteiger partial charge >= 0.3 is 0 Å². The Morgan fingerprint density at radius 2 is 2.21 bits per heavy atom. The van der Waals surface area contributed by atoms with Crippen molar-refractivity contribution in [2.45, 2.75) is 25.8 Å². The number of hydrogen-bond acceptors (Lipinski definition) is 5. The first-order valence-electron chi connectivity index (χ1n) is 7.88. The summed E-state index contributed by atoms with van der Waals surface area (Å²) in [6.07, 6.45) is 4.65. The fourth-order valence-corrected chi connectivity index (χ4v) is 2.44. The second-order valence-electron chi connectivity index (χ2n) is 5.65. The molecule has 2 aromatic rings. The molecule has 0 radical (unpaired) electrons. The molecule has 24 heavy (non-hydrogen) atoms. The Balaban J connectivity index is 1.93. The Morgan fingerprint density at radius 3 is 2.92 bits per heavy atom. The molecule has 6 heteroatoms. The summed E-state index contributed by atoms with van der Waals surface area (Å²) in [4.78, 5) is 18.7. The minimum absolute atomic E-state index is 0.0775. The predicted molar refractivity (Wildman–Crippen MR) is 98.9 cm³/mol. The molecule has 0 aliphatic rings. The molecule has 0 bridgehead atoms. The third kappa shape index (κ3) is 4.63. The first-order valence-corrected chi connectivity index (χ1v) is 7.88. The van der Waals surface area contributed by atoms with E-state index in [1.165, 1.54) is 0 Å². The molecular formula is C18H23N5O. The van der Waals surface area contributed by atoms with E-state index in [4.69, 9.17) is 11.1 Å². The summed E-state index contributed by atoms with van der Waals surface area (Å²) in [5, 5.41) is 12.4. The number of anilines is 1. The monoisotopic (exact) mass is 325 g/mol. The number of hydrogen-bond donors (Lipinski definition) is 4. The third-order valence-corrected chi connectivity index (χ3v) is 3.67. The van der Waals surface area contributed by atoms with Gasteiger partial charge in [0.25, 0.3) is 5.56 Å². The van der Waals surface area contributed by atoms with Crippen molar-refractivity contribution in [3.05, 3.63) is 56.6 Å². The number of nitrogens with two attached hydrogens (primary N) is 1. The van der Waals surface area contributed by atoms with Crippen LogP contribution in [0.4, 0.5) is 5.69 Å². The molecule has 0 aliphatic heterocycles. The fraction of sp³-hybridized carbons (Fsp3) is 0.278. The zero-order chi connectivity index (χ0) is 17.5. The maximum absolute atomic E-state index is 11.9. The highest BCUT2D eigenvalue weighted by molar-refractivity contribution is 5.82. The summed E-state index contributed by atoms with van der Waals surface area (Å²) >= 11 is 0. The van der Waals surface area contributed by atoms with Crippen molar-refractivity contribution in [1.82, 2.24) is 9.97 Å². The minimum Gasteiger partial charge on any atom is -0.379 e. The van der Waals surface area contributed by atoms with E-state index in [-0.39, 0.29) is 11.6 Å². The van der Waals surface area contributed by atoms with Gasteiger partial charge in [-0.15, -0.1) is 0 Å². The topological polar surface area (TPSA) is 108 Å². The Bertz CT molecular complexity index is 872. The number of H-pyrrole nitrogens is 1. The maximum atomic E-state index is 11.9. The van der Waals surface area contributed by atoms with E-state index in [1.54, 1.807) is 6.92 Å². The fourth-order valence-electron chi connectivity index (χ4n) is 2.44. The van der Waals surface area contributed by atoms with E-state index in [9.17, 15) is 4.79 Å². The van der Waals surface area contributed by atoms with Crippen LogP contribution in [-0.4, -0.2) is 28.8 Å². The van der Waals surface area contributed by atoms with Crippen molar-refractivity contribution >= 4 is 24.6 Å². The lowest BCUT2D eigenvalue weighted by molar-refractivity contribution is 0.705. The number of benzene rings is 1. The molecule has 126 valence electrons. The van der Waals surface area contributed by atoms with Crippen LogP contribution in [-0.2, 0) is 0 Å². The van der Waals surface area contributed by atoms with Crippen molar-refractivity contribution in [2.24, 2.45) is 5.73 Å². The first kappa shape index (κ1) is 17.6. The van der Waals surface area contributed by atoms with Crippen LogP contribution in [0.3, 0.4) is 0 Å². The van der Waals surface area contributed by atoms with Gasteiger partial charge in [-0.25, -0.2) is 4.98 Å². The second-order valence-corrected chi connectivity index (χ2v) is 5.65. The van der Waals surface area contributed by atoms with Gasteiger partial charge in [-0.3, -0.25) is 4.79 Å². The van der Waals surface area contributed by atoms with Crippen LogP contribution in [0.15, 0.2) is 29.1 Å². The quantitative estimate of drug-likeness (QED) is 0.439. The molecule has 1 unspecified atom stereocenters. The Hall–Kier alpha value is -2.73. The molecule has 0 spiro atoms. The van der Waals surface area contributed by atoms with Gasteiger partial charge < -0.3 is 21.4 Å². The van der Waals surface area contributed by atoms with Gasteiger partial charge in [0.1, 0.15) is 17.2 Å². The van der Waals surface area contributed by atoms with Gasteiger partial charge in [-0.1, -0.05) is 36.9 Å². The number of rotatable bonds is 7. The first-order chi connectivity index (χ1) is 11.5. The molecule has 2 rings (SSSR count). The van der Waals surface area contributed by atoms with Crippen LogP contribution >= 0.6 is 0 Å². The van der Waals surface area contributed by atoms with Crippen LogP contribution in [0.5, 0.6) is 0 Å². The van der Waals surface area contributed by atoms with E-state index in [0.717, 1.165) is 29.5 Å². The van der Waals surface area contributed by atoms with Gasteiger partial charge in [0.05, 0.1) is 0 Å². The van der Waals surface area contributed by atoms with E-state index in [1.807, 2.05) is 30.3 Å². The van der Waals surface area contributed by atoms with E-state index < -0.39 is 0 Å². The molecule has 1 aromatic heterocycles. The molecule has 1 heterocycles. The standard InChI is InChI=1S/C18H23N5O/c1-12-6-3-4-7-14(12)10-15(20)8-5-9-21-17-16(11-19)22-13(2)23-18(17)24/h3-4,6-7,10-11,15,19,21H,1,5,8-9,20H2,2H3,(H,22,23,24)/b14-10-,19-11?. The maximum Gasteiger partial charge on any atom is 0.274 e. The lowest BCUT2D eigenvalue weighted by Crippen LogP contribution is -2.28. The summed E-state index contributed by atoms with van der Waals surface area (Å²) in [5.74, 6) is 0.493. The summed E-state index contributed by atoms with van der Waals surface area (Å²) in [7, 11) is 0. The smallest absolute Gasteiger partial charge is 0.274 e. The Morgan fingerprint density at radius 1 is 1.46 bits per heavy atom. The zero-order valence-corrected chi connectivity index (χ0v) is 13.8. The van der Waals surface area contributed by atoms with E-state index >= 15 is 0 Å². The Kier molecular flexibility index (Phi) is 6.03. The molecule has 0 saturated heterocycles. The largest absolute Gasteiger partial charge is 0.379 e. The average molecular weight is 325 g/mol. The highest BCUT2D eigenvalue weighted by Crippen LogP contribution is 2.05. The number of aryl methyl sites for hydroxylation is 1. The highest BCUT2D eigenvalue weighted by atomic mass is 16.1. The summed E-state index contributed by atoms with van der Waals surface area (Å²) in [5.41, 5.74) is 6.55. The zero-order valence-electron chi connectivity index (χ0n) is 13.8. The molecular weight excluding hydrogens is 302 g/mol. The third-order valence-electron chi connectivity index (χ3n) is 3.67. The van der Waals surface area contributed by atoms with E-state index in [0.29, 0.717) is 23.8 Å². The number of aromatic nitrogens is 2. The van der Waals surface area contributed by atoms with Crippen LogP contribution in [0.1, 0.15) is 24.4 Å². The molecule has 0 saturated carbocycles. The molecule has 6 nitrogen and oxygen atoms in total. The second kappa shape index (κ2) is 8.21. The number of nitrogens with zero attached hydrogens (tertiary/aromatic N) is 1. The average Bonchev–Trinajstić information content (AvgIpc) is 2.54. The molecule has 1 aromatic carbocycles. The summed E-state index contributed by atoms with van der Waals surface area (Å²) in [6.45, 7) is 6.25. The molecule has 0 fully saturated rings. The van der Waals surface area contributed by atoms with E-state index in [2.05, 4.69) is 21.9 Å².